The van der Waals surface area contributed by atoms with Gasteiger partial charge in [-0.05, 0) is 25.0 Å². The van der Waals surface area contributed by atoms with Crippen molar-refractivity contribution in [2.24, 2.45) is 5.92 Å². The summed E-state index contributed by atoms with van der Waals surface area (Å²) < 4.78 is 48.8. The minimum Gasteiger partial charge on any atom is -0.475 e. The molecule has 1 aromatic rings. The van der Waals surface area contributed by atoms with Crippen molar-refractivity contribution in [3.63, 3.8) is 0 Å². The molecule has 3 rings (SSSR count). The van der Waals surface area contributed by atoms with Gasteiger partial charge in [-0.15, -0.1) is 0 Å². The second-order valence-corrected chi connectivity index (χ2v) is 7.39. The number of morpholine rings is 1. The molecule has 1 aliphatic carbocycles. The van der Waals surface area contributed by atoms with Crippen LogP contribution in [0.25, 0.3) is 0 Å². The number of carbonyl (C=O) groups excluding carboxylic acids is 1. The average Bonchev–Trinajstić information content (AvgIpc) is 3.10. The molecule has 1 spiro atoms. The number of nitrogens with zero attached hydrogens (tertiary/aromatic N) is 2. The minimum absolute atomic E-state index is 0.0419. The maximum atomic E-state index is 12.1. The van der Waals surface area contributed by atoms with Crippen LogP contribution in [0.1, 0.15) is 25.0 Å². The van der Waals surface area contributed by atoms with Gasteiger partial charge < -0.3 is 24.2 Å². The molecule has 0 aromatic carbocycles. The van der Waals surface area contributed by atoms with Gasteiger partial charge in [0.1, 0.15) is 6.61 Å². The smallest absolute Gasteiger partial charge is 0.475 e. The lowest BCUT2D eigenvalue weighted by molar-refractivity contribution is -0.192. The minimum atomic E-state index is -5.08. The van der Waals surface area contributed by atoms with Crippen molar-refractivity contribution < 1.29 is 42.1 Å². The number of hydrogen-bond donors (Lipinski definition) is 1. The van der Waals surface area contributed by atoms with Gasteiger partial charge in [0.25, 0.3) is 0 Å². The molecule has 2 heterocycles. The van der Waals surface area contributed by atoms with E-state index in [9.17, 15) is 18.0 Å². The summed E-state index contributed by atoms with van der Waals surface area (Å²) in [5.41, 5.74) is 0.678. The number of carboxylic acids is 1. The molecule has 2 atom stereocenters. The Morgan fingerprint density at radius 2 is 2.13 bits per heavy atom. The molecule has 1 N–H and O–H groups in total. The lowest BCUT2D eigenvalue weighted by Gasteiger charge is -2.44. The maximum absolute atomic E-state index is 12.1. The lowest BCUT2D eigenvalue weighted by atomic mass is 9.89. The molecule has 1 aromatic heterocycles. The predicted octanol–water partition coefficient (Wildman–Crippen LogP) is 2.28. The topological polar surface area (TPSA) is 98.2 Å². The van der Waals surface area contributed by atoms with Crippen LogP contribution in [0.15, 0.2) is 24.4 Å². The Morgan fingerprint density at radius 1 is 1.39 bits per heavy atom. The summed E-state index contributed by atoms with van der Waals surface area (Å²) in [5.74, 6) is -2.40. The zero-order valence-corrected chi connectivity index (χ0v) is 17.3. The van der Waals surface area contributed by atoms with Crippen molar-refractivity contribution in [2.45, 2.75) is 37.6 Å². The zero-order valence-electron chi connectivity index (χ0n) is 17.3. The highest BCUT2D eigenvalue weighted by Gasteiger charge is 2.47. The van der Waals surface area contributed by atoms with Crippen LogP contribution < -0.4 is 0 Å². The van der Waals surface area contributed by atoms with Crippen molar-refractivity contribution in [3.8, 4) is 0 Å². The van der Waals surface area contributed by atoms with E-state index < -0.39 is 12.1 Å². The van der Waals surface area contributed by atoms with Crippen molar-refractivity contribution in [1.29, 1.82) is 0 Å². The number of hydrogen-bond acceptors (Lipinski definition) is 6. The van der Waals surface area contributed by atoms with Crippen molar-refractivity contribution in [1.82, 2.24) is 9.88 Å². The molecule has 2 fully saturated rings. The molecule has 1 amide bonds. The Labute approximate surface area is 178 Å². The van der Waals surface area contributed by atoms with Crippen LogP contribution in [0.4, 0.5) is 13.2 Å². The first-order valence-corrected chi connectivity index (χ1v) is 9.86. The summed E-state index contributed by atoms with van der Waals surface area (Å²) in [6.45, 7) is 3.17. The fourth-order valence-corrected chi connectivity index (χ4v) is 3.77. The van der Waals surface area contributed by atoms with E-state index >= 15 is 0 Å². The third kappa shape index (κ3) is 7.44. The van der Waals surface area contributed by atoms with Crippen LogP contribution in [-0.2, 0) is 30.4 Å². The zero-order chi connectivity index (χ0) is 22.9. The van der Waals surface area contributed by atoms with Crippen LogP contribution in [0.5, 0.6) is 0 Å². The second kappa shape index (κ2) is 11.4. The number of aromatic nitrogens is 1. The molecule has 1 aliphatic heterocycles. The Bertz CT molecular complexity index is 719. The first-order chi connectivity index (χ1) is 14.7. The van der Waals surface area contributed by atoms with Gasteiger partial charge in [0.2, 0.25) is 5.91 Å². The molecule has 11 heteroatoms. The molecule has 1 saturated carbocycles. The predicted molar refractivity (Wildman–Crippen MR) is 102 cm³/mol. The number of carbonyl (C=O) groups is 2. The van der Waals surface area contributed by atoms with Crippen LogP contribution in [0.2, 0.25) is 0 Å². The third-order valence-electron chi connectivity index (χ3n) is 5.26. The number of carboxylic acid groups (broad SMARTS) is 1. The van der Waals surface area contributed by atoms with E-state index in [-0.39, 0.29) is 18.1 Å². The fraction of sp³-hybridized carbons (Fsp3) is 0.650. The van der Waals surface area contributed by atoms with Crippen LogP contribution in [0.3, 0.4) is 0 Å². The van der Waals surface area contributed by atoms with Crippen LogP contribution in [-0.4, -0.2) is 78.7 Å². The van der Waals surface area contributed by atoms with E-state index in [4.69, 9.17) is 24.1 Å². The molecule has 8 nitrogen and oxygen atoms in total. The van der Waals surface area contributed by atoms with Gasteiger partial charge in [0.05, 0.1) is 37.7 Å². The van der Waals surface area contributed by atoms with E-state index in [1.807, 2.05) is 23.1 Å². The summed E-state index contributed by atoms with van der Waals surface area (Å²) in [7, 11) is 1.55. The highest BCUT2D eigenvalue weighted by atomic mass is 19.4. The molecule has 2 aliphatic rings. The summed E-state index contributed by atoms with van der Waals surface area (Å²) >= 11 is 0. The summed E-state index contributed by atoms with van der Waals surface area (Å²) in [4.78, 5) is 27.2. The highest BCUT2D eigenvalue weighted by molar-refractivity contribution is 5.77. The number of ether oxygens (including phenoxy) is 3. The van der Waals surface area contributed by atoms with Gasteiger partial charge in [-0.3, -0.25) is 9.78 Å². The molecule has 1 saturated heterocycles. The quantitative estimate of drug-likeness (QED) is 0.713. The largest absolute Gasteiger partial charge is 0.490 e. The number of aliphatic carboxylic acids is 1. The first-order valence-electron chi connectivity index (χ1n) is 9.86. The van der Waals surface area contributed by atoms with Crippen molar-refractivity contribution in [2.75, 3.05) is 40.0 Å². The van der Waals surface area contributed by atoms with Crippen molar-refractivity contribution >= 4 is 11.9 Å². The van der Waals surface area contributed by atoms with Gasteiger partial charge in [0.15, 0.2) is 0 Å². The molecule has 0 radical (unpaired) electrons. The molecule has 0 unspecified atom stereocenters. The van der Waals surface area contributed by atoms with E-state index in [1.165, 1.54) is 0 Å². The Hall–Kier alpha value is -2.24. The molecule has 31 heavy (non-hydrogen) atoms. The molecular weight excluding hydrogens is 421 g/mol. The van der Waals surface area contributed by atoms with Gasteiger partial charge in [-0.25, -0.2) is 4.79 Å². The summed E-state index contributed by atoms with van der Waals surface area (Å²) in [6.07, 6.45) is -0.126. The normalized spacial score (nSPS) is 23.4. The van der Waals surface area contributed by atoms with Gasteiger partial charge in [-0.1, -0.05) is 12.5 Å². The average molecular weight is 448 g/mol. The fourth-order valence-electron chi connectivity index (χ4n) is 3.77. The van der Waals surface area contributed by atoms with Crippen LogP contribution in [0, 0.1) is 5.92 Å². The number of alkyl halides is 3. The van der Waals surface area contributed by atoms with E-state index in [0.717, 1.165) is 25.0 Å². The maximum Gasteiger partial charge on any atom is 0.490 e. The van der Waals surface area contributed by atoms with Crippen molar-refractivity contribution in [3.05, 3.63) is 30.1 Å². The number of methoxy groups -OCH3 is 1. The summed E-state index contributed by atoms with van der Waals surface area (Å²) in [6, 6.07) is 5.83. The number of rotatable bonds is 6. The molecule has 174 valence electrons. The summed E-state index contributed by atoms with van der Waals surface area (Å²) in [5, 5.41) is 7.12. The third-order valence-corrected chi connectivity index (χ3v) is 5.26. The van der Waals surface area contributed by atoms with Gasteiger partial charge in [-0.2, -0.15) is 13.2 Å². The standard InChI is InChI=1S/C18H26N2O4.C2HF3O2/c1-22-13-17(21)20-9-10-24-18(14-20)7-4-5-15(18)11-23-12-16-6-2-3-8-19-16;3-2(4,5)1(6)7/h2-3,6,8,15H,4-5,7,9-14H2,1H3;(H,6,7)/t15-,18-;/m1./s1. The number of amides is 1. The second-order valence-electron chi connectivity index (χ2n) is 7.39. The van der Waals surface area contributed by atoms with Gasteiger partial charge in [0, 0.05) is 25.8 Å². The number of pyridine rings is 1. The van der Waals surface area contributed by atoms with E-state index in [1.54, 1.807) is 13.3 Å². The van der Waals surface area contributed by atoms with E-state index in [2.05, 4.69) is 4.98 Å². The highest BCUT2D eigenvalue weighted by Crippen LogP contribution is 2.41. The van der Waals surface area contributed by atoms with Crippen LogP contribution >= 0.6 is 0 Å². The molecular formula is C20H27F3N2O6. The SMILES string of the molecule is COCC(=O)N1CCO[C@]2(CCC[C@@H]2COCc2ccccn2)C1.O=C(O)C(F)(F)F. The number of halogens is 3. The molecule has 0 bridgehead atoms. The lowest BCUT2D eigenvalue weighted by Crippen LogP contribution is -2.56. The Balaban J connectivity index is 0.000000423. The Kier molecular flexibility index (Phi) is 9.20. The monoisotopic (exact) mass is 448 g/mol. The van der Waals surface area contributed by atoms with E-state index in [0.29, 0.717) is 38.8 Å². The Morgan fingerprint density at radius 3 is 2.74 bits per heavy atom. The first kappa shape index (κ1) is 25.0. The van der Waals surface area contributed by atoms with Gasteiger partial charge >= 0.3 is 12.1 Å².